The molecule has 0 N–H and O–H groups in total. The average molecular weight is 279 g/mol. The second-order valence-electron chi connectivity index (χ2n) is 3.65. The first-order chi connectivity index (χ1) is 7.59. The van der Waals surface area contributed by atoms with Gasteiger partial charge in [0.1, 0.15) is 4.60 Å². The first kappa shape index (κ1) is 11.1. The first-order valence-corrected chi connectivity index (χ1v) is 5.70. The van der Waals surface area contributed by atoms with Crippen LogP contribution in [0.1, 0.15) is 22.8 Å². The Kier molecular flexibility index (Phi) is 2.92. The van der Waals surface area contributed by atoms with Crippen LogP contribution in [-0.2, 0) is 0 Å². The van der Waals surface area contributed by atoms with Crippen LogP contribution in [0.25, 0.3) is 5.69 Å². The van der Waals surface area contributed by atoms with E-state index in [4.69, 9.17) is 0 Å². The van der Waals surface area contributed by atoms with Gasteiger partial charge in [-0.2, -0.15) is 5.10 Å². The van der Waals surface area contributed by atoms with E-state index in [1.54, 1.807) is 10.9 Å². The third kappa shape index (κ3) is 1.93. The Morgan fingerprint density at radius 3 is 2.44 bits per heavy atom. The van der Waals surface area contributed by atoms with E-state index in [1.165, 1.54) is 12.5 Å². The third-order valence-electron chi connectivity index (χ3n) is 2.37. The van der Waals surface area contributed by atoms with Crippen molar-refractivity contribution in [1.82, 2.24) is 9.78 Å². The molecule has 0 fully saturated rings. The van der Waals surface area contributed by atoms with Gasteiger partial charge in [0.05, 0.1) is 17.4 Å². The Morgan fingerprint density at radius 1 is 1.31 bits per heavy atom. The Balaban J connectivity index is 2.49. The van der Waals surface area contributed by atoms with Crippen LogP contribution in [0.5, 0.6) is 0 Å². The molecule has 4 heteroatoms. The summed E-state index contributed by atoms with van der Waals surface area (Å²) in [5.41, 5.74) is 2.73. The lowest BCUT2D eigenvalue weighted by atomic mass is 10.2. The number of benzene rings is 1. The van der Waals surface area contributed by atoms with E-state index >= 15 is 0 Å². The van der Waals surface area contributed by atoms with E-state index in [9.17, 15) is 4.79 Å². The topological polar surface area (TPSA) is 34.9 Å². The van der Waals surface area contributed by atoms with Gasteiger partial charge in [0.2, 0.25) is 0 Å². The summed E-state index contributed by atoms with van der Waals surface area (Å²) >= 11 is 3.39. The Morgan fingerprint density at radius 2 is 1.94 bits per heavy atom. The maximum Gasteiger partial charge on any atom is 0.164 e. The maximum absolute atomic E-state index is 11.3. The largest absolute Gasteiger partial charge is 0.294 e. The number of hydrogen-bond donors (Lipinski definition) is 0. The number of carbonyl (C=O) groups is 1. The third-order valence-corrected chi connectivity index (χ3v) is 3.13. The minimum absolute atomic E-state index is 0.00485. The van der Waals surface area contributed by atoms with Gasteiger partial charge in [0, 0.05) is 0 Å². The minimum Gasteiger partial charge on any atom is -0.294 e. The van der Waals surface area contributed by atoms with E-state index < -0.39 is 0 Å². The summed E-state index contributed by atoms with van der Waals surface area (Å²) in [7, 11) is 0. The monoisotopic (exact) mass is 278 g/mol. The van der Waals surface area contributed by atoms with E-state index in [0.717, 1.165) is 5.69 Å². The zero-order chi connectivity index (χ0) is 11.7. The van der Waals surface area contributed by atoms with Gasteiger partial charge in [-0.25, -0.2) is 4.68 Å². The van der Waals surface area contributed by atoms with Crippen LogP contribution in [0, 0.1) is 6.92 Å². The number of rotatable bonds is 2. The summed E-state index contributed by atoms with van der Waals surface area (Å²) in [4.78, 5) is 11.3. The molecule has 0 aliphatic heterocycles. The van der Waals surface area contributed by atoms with Gasteiger partial charge in [0.25, 0.3) is 0 Å². The predicted octanol–water partition coefficient (Wildman–Crippen LogP) is 3.15. The molecule has 0 saturated carbocycles. The van der Waals surface area contributed by atoms with Crippen LogP contribution in [0.15, 0.2) is 35.1 Å². The molecule has 0 aliphatic carbocycles. The fraction of sp³-hybridized carbons (Fsp3) is 0.167. The quantitative estimate of drug-likeness (QED) is 0.791. The first-order valence-electron chi connectivity index (χ1n) is 4.91. The molecule has 2 aromatic rings. The highest BCUT2D eigenvalue weighted by atomic mass is 79.9. The molecule has 0 aliphatic rings. The molecule has 0 bridgehead atoms. The highest BCUT2D eigenvalue weighted by Gasteiger charge is 2.12. The van der Waals surface area contributed by atoms with Crippen molar-refractivity contribution >= 4 is 21.7 Å². The number of hydrogen-bond acceptors (Lipinski definition) is 2. The molecule has 0 spiro atoms. The maximum atomic E-state index is 11.3. The fourth-order valence-electron chi connectivity index (χ4n) is 1.44. The second kappa shape index (κ2) is 4.22. The van der Waals surface area contributed by atoms with Gasteiger partial charge in [0.15, 0.2) is 5.78 Å². The average Bonchev–Trinajstić information content (AvgIpc) is 2.61. The lowest BCUT2D eigenvalue weighted by Crippen LogP contribution is -1.98. The zero-order valence-corrected chi connectivity index (χ0v) is 10.7. The summed E-state index contributed by atoms with van der Waals surface area (Å²) in [5, 5.41) is 4.19. The van der Waals surface area contributed by atoms with Crippen molar-refractivity contribution in [2.45, 2.75) is 13.8 Å². The van der Waals surface area contributed by atoms with Crippen molar-refractivity contribution in [2.24, 2.45) is 0 Å². The highest BCUT2D eigenvalue weighted by Crippen LogP contribution is 2.21. The summed E-state index contributed by atoms with van der Waals surface area (Å²) in [6.07, 6.45) is 1.58. The summed E-state index contributed by atoms with van der Waals surface area (Å²) in [6.45, 7) is 3.56. The molecular formula is C12H11BrN2O. The van der Waals surface area contributed by atoms with Crippen LogP contribution < -0.4 is 0 Å². The van der Waals surface area contributed by atoms with Gasteiger partial charge >= 0.3 is 0 Å². The molecule has 0 saturated heterocycles. The lowest BCUT2D eigenvalue weighted by molar-refractivity contribution is 0.101. The van der Waals surface area contributed by atoms with Crippen LogP contribution in [0.2, 0.25) is 0 Å². The molecular weight excluding hydrogens is 268 g/mol. The van der Waals surface area contributed by atoms with E-state index in [1.807, 2.05) is 31.2 Å². The molecule has 1 aromatic heterocycles. The smallest absolute Gasteiger partial charge is 0.164 e. The Bertz CT molecular complexity index is 528. The molecule has 2 rings (SSSR count). The fourth-order valence-corrected chi connectivity index (χ4v) is 2.11. The molecule has 82 valence electrons. The van der Waals surface area contributed by atoms with Gasteiger partial charge in [-0.1, -0.05) is 17.7 Å². The summed E-state index contributed by atoms with van der Waals surface area (Å²) in [5.74, 6) is 0.00485. The molecule has 1 aromatic carbocycles. The van der Waals surface area contributed by atoms with Crippen molar-refractivity contribution in [1.29, 1.82) is 0 Å². The summed E-state index contributed by atoms with van der Waals surface area (Å²) < 4.78 is 2.40. The molecule has 3 nitrogen and oxygen atoms in total. The van der Waals surface area contributed by atoms with Gasteiger partial charge in [-0.15, -0.1) is 0 Å². The molecule has 0 radical (unpaired) electrons. The number of halogens is 1. The van der Waals surface area contributed by atoms with Crippen LogP contribution in [-0.4, -0.2) is 15.6 Å². The van der Waals surface area contributed by atoms with E-state index in [2.05, 4.69) is 21.0 Å². The Hall–Kier alpha value is -1.42. The van der Waals surface area contributed by atoms with Crippen LogP contribution in [0.4, 0.5) is 0 Å². The standard InChI is InChI=1S/C12H11BrN2O/c1-8-3-5-10(6-4-8)15-12(13)11(7-14-15)9(2)16/h3-7H,1-2H3. The number of carbonyl (C=O) groups excluding carboxylic acids is 1. The second-order valence-corrected chi connectivity index (χ2v) is 4.40. The van der Waals surface area contributed by atoms with Crippen LogP contribution >= 0.6 is 15.9 Å². The minimum atomic E-state index is 0.00485. The van der Waals surface area contributed by atoms with E-state index in [0.29, 0.717) is 10.2 Å². The number of aryl methyl sites for hydroxylation is 1. The van der Waals surface area contributed by atoms with Crippen molar-refractivity contribution in [3.8, 4) is 5.69 Å². The molecule has 0 unspecified atom stereocenters. The number of Topliss-reactive ketones (excluding diaryl/α,β-unsaturated/α-hetero) is 1. The predicted molar refractivity (Wildman–Crippen MR) is 66.0 cm³/mol. The molecule has 16 heavy (non-hydrogen) atoms. The highest BCUT2D eigenvalue weighted by molar-refractivity contribution is 9.10. The molecule has 1 heterocycles. The van der Waals surface area contributed by atoms with Crippen LogP contribution in [0.3, 0.4) is 0 Å². The SMILES string of the molecule is CC(=O)c1cnn(-c2ccc(C)cc2)c1Br. The van der Waals surface area contributed by atoms with E-state index in [-0.39, 0.29) is 5.78 Å². The lowest BCUT2D eigenvalue weighted by Gasteiger charge is -2.03. The number of aromatic nitrogens is 2. The number of nitrogens with zero attached hydrogens (tertiary/aromatic N) is 2. The summed E-state index contributed by atoms with van der Waals surface area (Å²) in [6, 6.07) is 7.96. The van der Waals surface area contributed by atoms with Crippen molar-refractivity contribution in [3.63, 3.8) is 0 Å². The molecule has 0 atom stereocenters. The molecule has 0 amide bonds. The van der Waals surface area contributed by atoms with Gasteiger partial charge in [-0.3, -0.25) is 4.79 Å². The Labute approximate surface area is 102 Å². The number of ketones is 1. The van der Waals surface area contributed by atoms with Crippen molar-refractivity contribution < 1.29 is 4.79 Å². The van der Waals surface area contributed by atoms with Gasteiger partial charge < -0.3 is 0 Å². The van der Waals surface area contributed by atoms with Crippen molar-refractivity contribution in [2.75, 3.05) is 0 Å². The normalized spacial score (nSPS) is 10.4. The van der Waals surface area contributed by atoms with Gasteiger partial charge in [-0.05, 0) is 41.9 Å². The zero-order valence-electron chi connectivity index (χ0n) is 9.07. The van der Waals surface area contributed by atoms with Crippen molar-refractivity contribution in [3.05, 3.63) is 46.2 Å².